The molecular formula is C22H26N6O. The van der Waals surface area contributed by atoms with E-state index in [1.54, 1.807) is 0 Å². The fourth-order valence-electron chi connectivity index (χ4n) is 5.66. The van der Waals surface area contributed by atoms with Crippen LogP contribution in [0.2, 0.25) is 0 Å². The van der Waals surface area contributed by atoms with Crippen LogP contribution in [0.25, 0.3) is 11.3 Å². The second-order valence-electron chi connectivity index (χ2n) is 9.52. The number of anilines is 3. The van der Waals surface area contributed by atoms with E-state index in [9.17, 15) is 0 Å². The fraction of sp³-hybridized carbons (Fsp3) is 0.591. The first-order valence-electron chi connectivity index (χ1n) is 11.0. The summed E-state index contributed by atoms with van der Waals surface area (Å²) < 4.78 is 5.82. The number of nitrogens with two attached hydrogens (primary N) is 1. The number of pyridine rings is 1. The van der Waals surface area contributed by atoms with Crippen molar-refractivity contribution in [2.45, 2.75) is 56.2 Å². The summed E-state index contributed by atoms with van der Waals surface area (Å²) in [5.41, 5.74) is 9.36. The van der Waals surface area contributed by atoms with E-state index in [0.29, 0.717) is 29.9 Å². The fourth-order valence-corrected chi connectivity index (χ4v) is 5.66. The highest BCUT2D eigenvalue weighted by Gasteiger charge is 2.45. The van der Waals surface area contributed by atoms with Crippen LogP contribution in [-0.2, 0) is 4.74 Å². The van der Waals surface area contributed by atoms with Crippen molar-refractivity contribution in [3.63, 3.8) is 0 Å². The molecule has 6 heterocycles. The van der Waals surface area contributed by atoms with Crippen molar-refractivity contribution < 1.29 is 4.74 Å². The highest BCUT2D eigenvalue weighted by molar-refractivity contribution is 5.68. The van der Waals surface area contributed by atoms with Crippen LogP contribution in [0.4, 0.5) is 17.6 Å². The molecule has 4 bridgehead atoms. The first kappa shape index (κ1) is 16.4. The van der Waals surface area contributed by atoms with E-state index < -0.39 is 0 Å². The maximum atomic E-state index is 6.16. The van der Waals surface area contributed by atoms with Gasteiger partial charge in [-0.3, -0.25) is 0 Å². The molecule has 2 saturated carbocycles. The Kier molecular flexibility index (Phi) is 3.29. The number of rotatable bonds is 4. The summed E-state index contributed by atoms with van der Waals surface area (Å²) in [4.78, 5) is 19.4. The number of morpholine rings is 1. The summed E-state index contributed by atoms with van der Waals surface area (Å²) in [7, 11) is 0. The molecule has 6 fully saturated rings. The number of hydrogen-bond donors (Lipinski definition) is 1. The minimum absolute atomic E-state index is 0.348. The minimum Gasteiger partial charge on any atom is -0.383 e. The molecule has 0 spiro atoms. The molecule has 2 aliphatic carbocycles. The molecule has 0 aromatic carbocycles. The summed E-state index contributed by atoms with van der Waals surface area (Å²) in [5, 5.41) is 0. The zero-order chi connectivity index (χ0) is 19.1. The summed E-state index contributed by atoms with van der Waals surface area (Å²) >= 11 is 0. The highest BCUT2D eigenvalue weighted by Crippen LogP contribution is 2.45. The molecule has 2 N–H and O–H groups in total. The molecule has 7 heteroatoms. The standard InChI is InChI=1S/C22H26N6O/c23-21-18(13-1-2-13)5-14(8-24-21)19-7-20(27-10-17-6-16(27)11-29-17)26-22(25-19)28-9-12-3-15(28)4-12/h5,7-8,12-13,15-17H,1-4,6,9-11H2,(H2,23,24)/t12?,15?,16-,17-/m0/s1. The average Bonchev–Trinajstić information content (AvgIpc) is 3.10. The Hall–Kier alpha value is -2.41. The van der Waals surface area contributed by atoms with Gasteiger partial charge < -0.3 is 20.3 Å². The average molecular weight is 390 g/mol. The molecule has 7 nitrogen and oxygen atoms in total. The summed E-state index contributed by atoms with van der Waals surface area (Å²) in [6.07, 6.45) is 8.34. The van der Waals surface area contributed by atoms with Crippen molar-refractivity contribution in [1.82, 2.24) is 15.0 Å². The van der Waals surface area contributed by atoms with E-state index in [1.165, 1.54) is 31.2 Å². The van der Waals surface area contributed by atoms with Crippen molar-refractivity contribution in [1.29, 1.82) is 0 Å². The van der Waals surface area contributed by atoms with E-state index in [-0.39, 0.29) is 0 Å². The molecule has 4 aliphatic heterocycles. The second-order valence-corrected chi connectivity index (χ2v) is 9.52. The zero-order valence-electron chi connectivity index (χ0n) is 16.5. The van der Waals surface area contributed by atoms with Gasteiger partial charge in [-0.05, 0) is 55.6 Å². The molecule has 6 aliphatic rings. The van der Waals surface area contributed by atoms with E-state index in [2.05, 4.69) is 26.9 Å². The van der Waals surface area contributed by atoms with Gasteiger partial charge >= 0.3 is 0 Å². The van der Waals surface area contributed by atoms with Gasteiger partial charge in [0.1, 0.15) is 11.6 Å². The molecule has 0 unspecified atom stereocenters. The van der Waals surface area contributed by atoms with E-state index >= 15 is 0 Å². The van der Waals surface area contributed by atoms with Crippen molar-refractivity contribution in [2.24, 2.45) is 5.92 Å². The van der Waals surface area contributed by atoms with Gasteiger partial charge in [0.2, 0.25) is 5.95 Å². The van der Waals surface area contributed by atoms with Crippen LogP contribution in [0.1, 0.15) is 43.6 Å². The molecule has 0 amide bonds. The molecule has 0 radical (unpaired) electrons. The number of aromatic nitrogens is 3. The van der Waals surface area contributed by atoms with Crippen molar-refractivity contribution in [3.05, 3.63) is 23.9 Å². The number of nitrogen functional groups attached to an aromatic ring is 1. The number of fused-ring (bicyclic) bond motifs is 3. The van der Waals surface area contributed by atoms with E-state index in [1.807, 2.05) is 6.20 Å². The van der Waals surface area contributed by atoms with Gasteiger partial charge in [0.15, 0.2) is 0 Å². The Morgan fingerprint density at radius 3 is 2.59 bits per heavy atom. The monoisotopic (exact) mass is 390 g/mol. The molecule has 2 aromatic heterocycles. The molecule has 4 saturated heterocycles. The van der Waals surface area contributed by atoms with Gasteiger partial charge in [-0.15, -0.1) is 0 Å². The normalized spacial score (nSPS) is 32.1. The third-order valence-electron chi connectivity index (χ3n) is 7.52. The van der Waals surface area contributed by atoms with Gasteiger partial charge in [-0.1, -0.05) is 0 Å². The van der Waals surface area contributed by atoms with E-state index in [4.69, 9.17) is 20.4 Å². The van der Waals surface area contributed by atoms with Crippen LogP contribution in [0.3, 0.4) is 0 Å². The van der Waals surface area contributed by atoms with Crippen LogP contribution in [0.15, 0.2) is 18.3 Å². The molecule has 2 atom stereocenters. The quantitative estimate of drug-likeness (QED) is 0.859. The first-order valence-corrected chi connectivity index (χ1v) is 11.0. The molecule has 8 rings (SSSR count). The van der Waals surface area contributed by atoms with Gasteiger partial charge in [0.05, 0.1) is 24.4 Å². The summed E-state index contributed by atoms with van der Waals surface area (Å²) in [5.74, 6) is 3.98. The highest BCUT2D eigenvalue weighted by atomic mass is 16.5. The third-order valence-corrected chi connectivity index (χ3v) is 7.52. The van der Waals surface area contributed by atoms with Crippen LogP contribution in [-0.4, -0.2) is 52.8 Å². The lowest BCUT2D eigenvalue weighted by Gasteiger charge is -2.30. The van der Waals surface area contributed by atoms with Gasteiger partial charge in [0, 0.05) is 37.0 Å². The van der Waals surface area contributed by atoms with Crippen LogP contribution in [0.5, 0.6) is 0 Å². The molecule has 29 heavy (non-hydrogen) atoms. The molecule has 2 aromatic rings. The smallest absolute Gasteiger partial charge is 0.228 e. The maximum absolute atomic E-state index is 6.16. The lowest BCUT2D eigenvalue weighted by atomic mass is 9.86. The Morgan fingerprint density at radius 2 is 1.90 bits per heavy atom. The number of hydrogen-bond acceptors (Lipinski definition) is 7. The van der Waals surface area contributed by atoms with Crippen molar-refractivity contribution >= 4 is 17.6 Å². The Bertz CT molecular complexity index is 985. The first-order chi connectivity index (χ1) is 14.2. The Balaban J connectivity index is 1.32. The lowest BCUT2D eigenvalue weighted by molar-refractivity contribution is 0.0989. The maximum Gasteiger partial charge on any atom is 0.228 e. The largest absolute Gasteiger partial charge is 0.383 e. The minimum atomic E-state index is 0.348. The summed E-state index contributed by atoms with van der Waals surface area (Å²) in [6.45, 7) is 2.83. The third kappa shape index (κ3) is 2.56. The van der Waals surface area contributed by atoms with E-state index in [0.717, 1.165) is 55.1 Å². The van der Waals surface area contributed by atoms with Crippen LogP contribution in [0, 0.1) is 5.92 Å². The van der Waals surface area contributed by atoms with Crippen LogP contribution < -0.4 is 15.5 Å². The van der Waals surface area contributed by atoms with Gasteiger partial charge in [-0.25, -0.2) is 9.97 Å². The van der Waals surface area contributed by atoms with Crippen molar-refractivity contribution in [3.8, 4) is 11.3 Å². The molecule has 150 valence electrons. The lowest BCUT2D eigenvalue weighted by Crippen LogP contribution is -2.38. The Morgan fingerprint density at radius 1 is 1.00 bits per heavy atom. The zero-order valence-corrected chi connectivity index (χ0v) is 16.5. The Labute approximate surface area is 170 Å². The predicted octanol–water partition coefficient (Wildman–Crippen LogP) is 2.57. The van der Waals surface area contributed by atoms with Gasteiger partial charge in [-0.2, -0.15) is 4.98 Å². The number of nitrogens with zero attached hydrogens (tertiary/aromatic N) is 5. The topological polar surface area (TPSA) is 80.4 Å². The van der Waals surface area contributed by atoms with Gasteiger partial charge in [0.25, 0.3) is 0 Å². The number of ether oxygens (including phenoxy) is 1. The van der Waals surface area contributed by atoms with Crippen LogP contribution >= 0.6 is 0 Å². The predicted molar refractivity (Wildman–Crippen MR) is 111 cm³/mol. The van der Waals surface area contributed by atoms with Crippen molar-refractivity contribution in [2.75, 3.05) is 35.2 Å². The SMILES string of the molecule is Nc1ncc(-c2cc(N3C[C@@H]4C[C@H]3CO4)nc(N3CC4CC3C4)n2)cc1C1CC1. The summed E-state index contributed by atoms with van der Waals surface area (Å²) in [6, 6.07) is 5.41. The second kappa shape index (κ2) is 5.81. The molecular weight excluding hydrogens is 364 g/mol.